The van der Waals surface area contributed by atoms with Crippen LogP contribution in [-0.2, 0) is 14.3 Å². The first-order chi connectivity index (χ1) is 12.8. The van der Waals surface area contributed by atoms with Gasteiger partial charge in [-0.05, 0) is 30.8 Å². The van der Waals surface area contributed by atoms with E-state index in [4.69, 9.17) is 4.74 Å². The van der Waals surface area contributed by atoms with Gasteiger partial charge < -0.3 is 14.9 Å². The predicted octanol–water partition coefficient (Wildman–Crippen LogP) is 5.10. The molecule has 1 saturated heterocycles. The van der Waals surface area contributed by atoms with Gasteiger partial charge in [-0.25, -0.2) is 0 Å². The van der Waals surface area contributed by atoms with Gasteiger partial charge in [0.25, 0.3) is 0 Å². The van der Waals surface area contributed by atoms with E-state index in [1.54, 1.807) is 6.08 Å². The Morgan fingerprint density at radius 3 is 2.15 bits per heavy atom. The van der Waals surface area contributed by atoms with Gasteiger partial charge in [0.05, 0.1) is 5.92 Å². The number of carbonyl (C=O) groups is 2. The normalized spacial score (nSPS) is 31.3. The van der Waals surface area contributed by atoms with Crippen LogP contribution >= 0.6 is 0 Å². The lowest BCUT2D eigenvalue weighted by molar-refractivity contribution is -0.164. The lowest BCUT2D eigenvalue weighted by atomic mass is 9.59. The van der Waals surface area contributed by atoms with Crippen LogP contribution < -0.4 is 0 Å². The Morgan fingerprint density at radius 1 is 1.07 bits per heavy atom. The molecule has 1 fully saturated rings. The number of aliphatic carboxylic acids is 2. The number of carboxylic acids is 2. The quantitative estimate of drug-likeness (QED) is 0.460. The van der Waals surface area contributed by atoms with Crippen LogP contribution in [0.4, 0.5) is 0 Å². The average Bonchev–Trinajstić information content (AvgIpc) is 3.39. The molecule has 0 aromatic heterocycles. The van der Waals surface area contributed by atoms with Crippen LogP contribution in [0.5, 0.6) is 0 Å². The van der Waals surface area contributed by atoms with Crippen molar-refractivity contribution in [3.05, 3.63) is 11.8 Å². The van der Waals surface area contributed by atoms with E-state index in [0.717, 1.165) is 44.9 Å². The summed E-state index contributed by atoms with van der Waals surface area (Å²) in [5.41, 5.74) is -1.36. The van der Waals surface area contributed by atoms with Gasteiger partial charge in [0.1, 0.15) is 11.2 Å². The third kappa shape index (κ3) is 4.49. The first-order valence-corrected chi connectivity index (χ1v) is 10.7. The molecule has 1 aliphatic carbocycles. The highest BCUT2D eigenvalue weighted by Crippen LogP contribution is 2.56. The van der Waals surface area contributed by atoms with E-state index in [-0.39, 0.29) is 17.9 Å². The van der Waals surface area contributed by atoms with Gasteiger partial charge in [-0.3, -0.25) is 9.59 Å². The first kappa shape index (κ1) is 21.8. The molecule has 2 N–H and O–H groups in total. The molecule has 5 nitrogen and oxygen atoms in total. The topological polar surface area (TPSA) is 87.1 Å². The molecule has 27 heavy (non-hydrogen) atoms. The van der Waals surface area contributed by atoms with Crippen molar-refractivity contribution in [2.75, 3.05) is 0 Å². The van der Waals surface area contributed by atoms with Crippen molar-refractivity contribution in [3.63, 3.8) is 0 Å². The van der Waals surface area contributed by atoms with Crippen LogP contribution in [-0.4, -0.2) is 28.3 Å². The molecule has 1 heterocycles. The fourth-order valence-electron chi connectivity index (χ4n) is 5.18. The zero-order chi connectivity index (χ0) is 20.2. The van der Waals surface area contributed by atoms with Crippen LogP contribution in [0, 0.1) is 29.1 Å². The van der Waals surface area contributed by atoms with Crippen molar-refractivity contribution in [1.82, 2.24) is 0 Å². The smallest absolute Gasteiger partial charge is 0.314 e. The minimum atomic E-state index is -1.36. The van der Waals surface area contributed by atoms with Crippen LogP contribution in [0.25, 0.3) is 0 Å². The monoisotopic (exact) mass is 380 g/mol. The van der Waals surface area contributed by atoms with Gasteiger partial charge in [-0.15, -0.1) is 0 Å². The van der Waals surface area contributed by atoms with E-state index in [1.165, 1.54) is 0 Å². The van der Waals surface area contributed by atoms with Crippen molar-refractivity contribution in [2.24, 2.45) is 29.1 Å². The number of epoxide rings is 1. The maximum atomic E-state index is 12.5. The number of hydrogen-bond donors (Lipinski definition) is 2. The molecular weight excluding hydrogens is 344 g/mol. The largest absolute Gasteiger partial charge is 0.483 e. The third-order valence-electron chi connectivity index (χ3n) is 6.70. The van der Waals surface area contributed by atoms with Crippen molar-refractivity contribution >= 4 is 11.9 Å². The highest BCUT2D eigenvalue weighted by Gasteiger charge is 2.62. The molecule has 2 rings (SSSR count). The van der Waals surface area contributed by atoms with Gasteiger partial charge in [0.15, 0.2) is 6.10 Å². The van der Waals surface area contributed by atoms with E-state index < -0.39 is 23.3 Å². The Kier molecular flexibility index (Phi) is 7.35. The molecule has 0 amide bonds. The minimum absolute atomic E-state index is 0.198. The highest BCUT2D eigenvalue weighted by molar-refractivity contribution is 5.86. The minimum Gasteiger partial charge on any atom is -0.483 e. The van der Waals surface area contributed by atoms with E-state index in [2.05, 4.69) is 27.7 Å². The summed E-state index contributed by atoms with van der Waals surface area (Å²) in [5, 5.41) is 20.3. The van der Waals surface area contributed by atoms with Crippen molar-refractivity contribution in [1.29, 1.82) is 0 Å². The molecule has 1 aliphatic heterocycles. The number of hydrogen-bond acceptors (Lipinski definition) is 3. The predicted molar refractivity (Wildman–Crippen MR) is 104 cm³/mol. The zero-order valence-electron chi connectivity index (χ0n) is 17.2. The molecule has 0 saturated carbocycles. The molecule has 0 spiro atoms. The van der Waals surface area contributed by atoms with Gasteiger partial charge in [-0.2, -0.15) is 0 Å². The molecule has 0 bridgehead atoms. The van der Waals surface area contributed by atoms with Crippen LogP contribution in [0.3, 0.4) is 0 Å². The van der Waals surface area contributed by atoms with E-state index >= 15 is 0 Å². The Bertz CT molecular complexity index is 569. The SMILES string of the molecule is CCCC(CC)CC1C2OC2=CC(CC(CC)CCC)(C(=O)O)C1C(=O)O. The van der Waals surface area contributed by atoms with E-state index in [9.17, 15) is 19.8 Å². The fourth-order valence-corrected chi connectivity index (χ4v) is 5.18. The Morgan fingerprint density at radius 2 is 1.67 bits per heavy atom. The van der Waals surface area contributed by atoms with Gasteiger partial charge in [0, 0.05) is 5.92 Å². The fraction of sp³-hybridized carbons (Fsp3) is 0.818. The van der Waals surface area contributed by atoms with Crippen LogP contribution in [0.2, 0.25) is 0 Å². The second-order valence-corrected chi connectivity index (χ2v) is 8.48. The third-order valence-corrected chi connectivity index (χ3v) is 6.70. The van der Waals surface area contributed by atoms with Crippen molar-refractivity contribution < 1.29 is 24.5 Å². The molecule has 6 atom stereocenters. The molecule has 5 heteroatoms. The molecule has 2 aliphatic rings. The highest BCUT2D eigenvalue weighted by atomic mass is 16.6. The second kappa shape index (κ2) is 9.11. The van der Waals surface area contributed by atoms with E-state index in [1.807, 2.05) is 0 Å². The van der Waals surface area contributed by atoms with Crippen LogP contribution in [0.1, 0.15) is 79.1 Å². The summed E-state index contributed by atoms with van der Waals surface area (Å²) in [7, 11) is 0. The molecule has 0 aromatic carbocycles. The summed E-state index contributed by atoms with van der Waals surface area (Å²) in [6.45, 7) is 8.41. The Hall–Kier alpha value is -1.52. The molecule has 6 unspecified atom stereocenters. The van der Waals surface area contributed by atoms with Crippen molar-refractivity contribution in [3.8, 4) is 0 Å². The lowest BCUT2D eigenvalue weighted by Gasteiger charge is -2.40. The van der Waals surface area contributed by atoms with Gasteiger partial charge in [-0.1, -0.05) is 66.2 Å². The number of rotatable bonds is 12. The summed E-state index contributed by atoms with van der Waals surface area (Å²) in [6.07, 6.45) is 8.38. The summed E-state index contributed by atoms with van der Waals surface area (Å²) < 4.78 is 5.71. The number of ether oxygens (including phenoxy) is 1. The van der Waals surface area contributed by atoms with Crippen LogP contribution in [0.15, 0.2) is 11.8 Å². The standard InChI is InChI=1S/C22H36O5/c1-5-9-14(7-3)11-16-18(20(23)24)22(21(25)26,13-17-19(16)27-17)12-15(8-4)10-6-2/h13-16,18-19H,5-12H2,1-4H3,(H,23,24)(H,25,26). The second-order valence-electron chi connectivity index (χ2n) is 8.48. The molecule has 0 radical (unpaired) electrons. The lowest BCUT2D eigenvalue weighted by Crippen LogP contribution is -2.49. The molecular formula is C22H36O5. The summed E-state index contributed by atoms with van der Waals surface area (Å²) in [4.78, 5) is 24.8. The summed E-state index contributed by atoms with van der Waals surface area (Å²) in [5.74, 6) is -1.87. The Balaban J connectivity index is 2.41. The van der Waals surface area contributed by atoms with Crippen molar-refractivity contribution in [2.45, 2.75) is 85.2 Å². The Labute approximate surface area is 163 Å². The average molecular weight is 381 g/mol. The zero-order valence-corrected chi connectivity index (χ0v) is 17.2. The van der Waals surface area contributed by atoms with E-state index in [0.29, 0.717) is 18.1 Å². The summed E-state index contributed by atoms with van der Waals surface area (Å²) >= 11 is 0. The maximum Gasteiger partial charge on any atom is 0.314 e. The molecule has 0 aromatic rings. The molecule has 154 valence electrons. The summed E-state index contributed by atoms with van der Waals surface area (Å²) in [6, 6.07) is 0. The first-order valence-electron chi connectivity index (χ1n) is 10.7. The maximum absolute atomic E-state index is 12.5. The van der Waals surface area contributed by atoms with Gasteiger partial charge >= 0.3 is 11.9 Å². The number of fused-ring (bicyclic) bond motifs is 1. The number of carboxylic acid groups (broad SMARTS) is 2. The van der Waals surface area contributed by atoms with Gasteiger partial charge in [0.2, 0.25) is 0 Å².